The van der Waals surface area contributed by atoms with Crippen molar-refractivity contribution in [1.82, 2.24) is 4.90 Å². The van der Waals surface area contributed by atoms with Gasteiger partial charge >= 0.3 is 0 Å². The molecule has 0 unspecified atom stereocenters. The smallest absolute Gasteiger partial charge is 0.255 e. The predicted molar refractivity (Wildman–Crippen MR) is 82.7 cm³/mol. The normalized spacial score (nSPS) is 19.1. The topological polar surface area (TPSA) is 20.3 Å². The number of benzene rings is 1. The van der Waals surface area contributed by atoms with Crippen LogP contribution in [0.15, 0.2) is 22.7 Å². The zero-order valence-corrected chi connectivity index (χ0v) is 13.7. The molecule has 1 fully saturated rings. The minimum Gasteiger partial charge on any atom is -0.339 e. The highest BCUT2D eigenvalue weighted by molar-refractivity contribution is 9.10. The van der Waals surface area contributed by atoms with E-state index >= 15 is 0 Å². The van der Waals surface area contributed by atoms with Crippen LogP contribution < -0.4 is 0 Å². The number of hydrogen-bond donors (Lipinski definition) is 0. The van der Waals surface area contributed by atoms with Gasteiger partial charge in [0.2, 0.25) is 0 Å². The second kappa shape index (κ2) is 5.84. The number of hydrogen-bond acceptors (Lipinski definition) is 1. The SMILES string of the molecule is CC1(C)CCCN(C(=O)c2cc(Br)ccc2Cl)CC1. The molecule has 1 saturated heterocycles. The van der Waals surface area contributed by atoms with Crippen LogP contribution in [0.2, 0.25) is 5.02 Å². The molecule has 0 saturated carbocycles. The molecule has 1 aliphatic heterocycles. The van der Waals surface area contributed by atoms with E-state index in [-0.39, 0.29) is 5.91 Å². The highest BCUT2D eigenvalue weighted by atomic mass is 79.9. The fourth-order valence-electron chi connectivity index (χ4n) is 2.46. The van der Waals surface area contributed by atoms with Gasteiger partial charge in [0.25, 0.3) is 5.91 Å². The van der Waals surface area contributed by atoms with Gasteiger partial charge < -0.3 is 4.90 Å². The lowest BCUT2D eigenvalue weighted by Crippen LogP contribution is -2.32. The average molecular weight is 345 g/mol. The zero-order valence-electron chi connectivity index (χ0n) is 11.4. The van der Waals surface area contributed by atoms with E-state index < -0.39 is 0 Å². The van der Waals surface area contributed by atoms with Crippen LogP contribution in [-0.2, 0) is 0 Å². The van der Waals surface area contributed by atoms with Crippen LogP contribution in [0.5, 0.6) is 0 Å². The van der Waals surface area contributed by atoms with Crippen molar-refractivity contribution in [2.24, 2.45) is 5.41 Å². The molecule has 0 aliphatic carbocycles. The molecular weight excluding hydrogens is 326 g/mol. The van der Waals surface area contributed by atoms with Crippen LogP contribution in [0.4, 0.5) is 0 Å². The summed E-state index contributed by atoms with van der Waals surface area (Å²) >= 11 is 9.53. The summed E-state index contributed by atoms with van der Waals surface area (Å²) in [7, 11) is 0. The van der Waals surface area contributed by atoms with Gasteiger partial charge in [-0.1, -0.05) is 41.4 Å². The molecule has 0 spiro atoms. The van der Waals surface area contributed by atoms with E-state index in [9.17, 15) is 4.79 Å². The van der Waals surface area contributed by atoms with Crippen molar-refractivity contribution in [3.8, 4) is 0 Å². The molecule has 1 heterocycles. The van der Waals surface area contributed by atoms with Gasteiger partial charge in [-0.3, -0.25) is 4.79 Å². The van der Waals surface area contributed by atoms with E-state index in [0.717, 1.165) is 30.4 Å². The number of carbonyl (C=O) groups is 1. The number of rotatable bonds is 1. The fraction of sp³-hybridized carbons (Fsp3) is 0.533. The molecule has 0 atom stereocenters. The van der Waals surface area contributed by atoms with E-state index in [2.05, 4.69) is 29.8 Å². The van der Waals surface area contributed by atoms with E-state index in [1.165, 1.54) is 6.42 Å². The number of carbonyl (C=O) groups excluding carboxylic acids is 1. The highest BCUT2D eigenvalue weighted by Crippen LogP contribution is 2.31. The molecule has 2 nitrogen and oxygen atoms in total. The van der Waals surface area contributed by atoms with Crippen molar-refractivity contribution in [3.63, 3.8) is 0 Å². The van der Waals surface area contributed by atoms with Crippen molar-refractivity contribution in [1.29, 1.82) is 0 Å². The lowest BCUT2D eigenvalue weighted by Gasteiger charge is -2.23. The number of likely N-dealkylation sites (tertiary alicyclic amines) is 1. The number of nitrogens with zero attached hydrogens (tertiary/aromatic N) is 1. The molecule has 4 heteroatoms. The van der Waals surface area contributed by atoms with Gasteiger partial charge in [-0.05, 0) is 42.9 Å². The second-order valence-corrected chi connectivity index (χ2v) is 7.26. The first-order valence-electron chi connectivity index (χ1n) is 6.63. The maximum atomic E-state index is 12.6. The molecule has 19 heavy (non-hydrogen) atoms. The van der Waals surface area contributed by atoms with Gasteiger partial charge in [-0.2, -0.15) is 0 Å². The lowest BCUT2D eigenvalue weighted by atomic mass is 9.85. The Bertz CT molecular complexity index is 487. The molecular formula is C15H19BrClNO. The van der Waals surface area contributed by atoms with Crippen LogP contribution in [0.25, 0.3) is 0 Å². The lowest BCUT2D eigenvalue weighted by molar-refractivity contribution is 0.0757. The summed E-state index contributed by atoms with van der Waals surface area (Å²) in [6.45, 7) is 6.18. The highest BCUT2D eigenvalue weighted by Gasteiger charge is 2.26. The molecule has 1 amide bonds. The molecule has 2 rings (SSSR count). The van der Waals surface area contributed by atoms with Crippen LogP contribution in [-0.4, -0.2) is 23.9 Å². The summed E-state index contributed by atoms with van der Waals surface area (Å²) in [5.41, 5.74) is 0.923. The van der Waals surface area contributed by atoms with E-state index in [1.54, 1.807) is 12.1 Å². The third kappa shape index (κ3) is 3.73. The van der Waals surface area contributed by atoms with Crippen LogP contribution in [0.3, 0.4) is 0 Å². The Balaban J connectivity index is 2.17. The summed E-state index contributed by atoms with van der Waals surface area (Å²) in [6, 6.07) is 5.42. The Hall–Kier alpha value is -0.540. The first-order valence-corrected chi connectivity index (χ1v) is 7.80. The van der Waals surface area contributed by atoms with E-state index in [1.807, 2.05) is 11.0 Å². The summed E-state index contributed by atoms with van der Waals surface area (Å²) in [5, 5.41) is 0.525. The monoisotopic (exact) mass is 343 g/mol. The summed E-state index contributed by atoms with van der Waals surface area (Å²) in [6.07, 6.45) is 3.28. The Kier molecular flexibility index (Phi) is 4.57. The van der Waals surface area contributed by atoms with Crippen molar-refractivity contribution in [2.45, 2.75) is 33.1 Å². The van der Waals surface area contributed by atoms with Crippen molar-refractivity contribution in [3.05, 3.63) is 33.3 Å². The summed E-state index contributed by atoms with van der Waals surface area (Å²) in [4.78, 5) is 14.5. The third-order valence-corrected chi connectivity index (χ3v) is 4.61. The largest absolute Gasteiger partial charge is 0.339 e. The van der Waals surface area contributed by atoms with Gasteiger partial charge in [0.1, 0.15) is 0 Å². The first kappa shape index (κ1) is 14.9. The summed E-state index contributed by atoms with van der Waals surface area (Å²) < 4.78 is 0.885. The maximum absolute atomic E-state index is 12.6. The fourth-order valence-corrected chi connectivity index (χ4v) is 3.02. The third-order valence-electron chi connectivity index (χ3n) is 3.79. The Labute approximate surface area is 128 Å². The standard InChI is InChI=1S/C15H19BrClNO/c1-15(2)6-3-8-18(9-7-15)14(19)12-10-11(16)4-5-13(12)17/h4-5,10H,3,6-9H2,1-2H3. The molecule has 0 N–H and O–H groups in total. The molecule has 1 aromatic rings. The first-order chi connectivity index (χ1) is 8.89. The summed E-state index contributed by atoms with van der Waals surface area (Å²) in [5.74, 6) is 0.0454. The Morgan fingerprint density at radius 3 is 2.79 bits per heavy atom. The molecule has 104 valence electrons. The quantitative estimate of drug-likeness (QED) is 0.719. The molecule has 0 bridgehead atoms. The van der Waals surface area contributed by atoms with Crippen LogP contribution in [0, 0.1) is 5.41 Å². The van der Waals surface area contributed by atoms with Crippen molar-refractivity contribution >= 4 is 33.4 Å². The molecule has 0 aromatic heterocycles. The van der Waals surface area contributed by atoms with Crippen molar-refractivity contribution in [2.75, 3.05) is 13.1 Å². The van der Waals surface area contributed by atoms with Gasteiger partial charge in [-0.25, -0.2) is 0 Å². The Morgan fingerprint density at radius 1 is 1.32 bits per heavy atom. The minimum absolute atomic E-state index is 0.0454. The zero-order chi connectivity index (χ0) is 14.0. The van der Waals surface area contributed by atoms with Gasteiger partial charge in [0.15, 0.2) is 0 Å². The van der Waals surface area contributed by atoms with Gasteiger partial charge in [0, 0.05) is 17.6 Å². The van der Waals surface area contributed by atoms with E-state index in [4.69, 9.17) is 11.6 Å². The second-order valence-electron chi connectivity index (χ2n) is 5.93. The molecule has 1 aromatic carbocycles. The number of amides is 1. The maximum Gasteiger partial charge on any atom is 0.255 e. The van der Waals surface area contributed by atoms with Gasteiger partial charge in [-0.15, -0.1) is 0 Å². The van der Waals surface area contributed by atoms with Crippen LogP contribution in [0.1, 0.15) is 43.5 Å². The van der Waals surface area contributed by atoms with Crippen molar-refractivity contribution < 1.29 is 4.79 Å². The predicted octanol–water partition coefficient (Wildman–Crippen LogP) is 4.75. The number of halogens is 2. The Morgan fingerprint density at radius 2 is 2.05 bits per heavy atom. The van der Waals surface area contributed by atoms with Gasteiger partial charge in [0.05, 0.1) is 10.6 Å². The van der Waals surface area contributed by atoms with E-state index in [0.29, 0.717) is 16.0 Å². The molecule has 1 aliphatic rings. The van der Waals surface area contributed by atoms with Crippen LogP contribution >= 0.6 is 27.5 Å². The average Bonchev–Trinajstić information content (AvgIpc) is 2.52. The minimum atomic E-state index is 0.0454. The molecule has 0 radical (unpaired) electrons.